The fourth-order valence-corrected chi connectivity index (χ4v) is 2.54. The molecule has 2 atom stereocenters. The summed E-state index contributed by atoms with van der Waals surface area (Å²) in [6, 6.07) is 6.90. The van der Waals surface area contributed by atoms with Crippen molar-refractivity contribution in [2.45, 2.75) is 38.5 Å². The quantitative estimate of drug-likeness (QED) is 0.924. The van der Waals surface area contributed by atoms with Crippen molar-refractivity contribution >= 4 is 6.09 Å². The largest absolute Gasteiger partial charge is 0.497 e. The molecule has 6 nitrogen and oxygen atoms in total. The van der Waals surface area contributed by atoms with Gasteiger partial charge in [0.25, 0.3) is 0 Å². The predicted octanol–water partition coefficient (Wildman–Crippen LogP) is 2.33. The molecule has 0 aromatic heterocycles. The number of hydrogen-bond donors (Lipinski definition) is 1. The molecule has 2 N–H and O–H groups in total. The molecule has 0 saturated carbocycles. The fraction of sp³-hybridized carbons (Fsp3) is 0.588. The number of amides is 1. The molecule has 1 saturated heterocycles. The van der Waals surface area contributed by atoms with Gasteiger partial charge in [0.2, 0.25) is 0 Å². The standard InChI is InChI=1S/C17H26N2O4/c1-17(2,3)23-16(20)19-8-9-22-11-14(19)15(18)12-6-5-7-13(10-12)21-4/h5-7,10,14-15H,8-9,11,18H2,1-4H3. The molecule has 1 aromatic rings. The lowest BCUT2D eigenvalue weighted by Gasteiger charge is -2.39. The Kier molecular flexibility index (Phi) is 5.49. The maximum atomic E-state index is 12.5. The third-order valence-corrected chi connectivity index (χ3v) is 3.69. The second-order valence-corrected chi connectivity index (χ2v) is 6.62. The van der Waals surface area contributed by atoms with Gasteiger partial charge in [-0.15, -0.1) is 0 Å². The number of nitrogens with zero attached hydrogens (tertiary/aromatic N) is 1. The normalized spacial score (nSPS) is 20.0. The van der Waals surface area contributed by atoms with Crippen LogP contribution in [-0.4, -0.2) is 49.5 Å². The Hall–Kier alpha value is -1.79. The number of rotatable bonds is 3. The number of benzene rings is 1. The summed E-state index contributed by atoms with van der Waals surface area (Å²) in [5.41, 5.74) is 6.76. The summed E-state index contributed by atoms with van der Waals surface area (Å²) in [4.78, 5) is 14.1. The minimum absolute atomic E-state index is 0.272. The van der Waals surface area contributed by atoms with Gasteiger partial charge in [0.05, 0.1) is 32.4 Å². The van der Waals surface area contributed by atoms with Crippen LogP contribution in [0.3, 0.4) is 0 Å². The summed E-state index contributed by atoms with van der Waals surface area (Å²) >= 11 is 0. The Morgan fingerprint density at radius 3 is 2.83 bits per heavy atom. The predicted molar refractivity (Wildman–Crippen MR) is 87.5 cm³/mol. The highest BCUT2D eigenvalue weighted by Gasteiger charge is 2.35. The van der Waals surface area contributed by atoms with Gasteiger partial charge in [-0.1, -0.05) is 12.1 Å². The lowest BCUT2D eigenvalue weighted by atomic mass is 9.98. The highest BCUT2D eigenvalue weighted by atomic mass is 16.6. The molecule has 1 aliphatic heterocycles. The van der Waals surface area contributed by atoms with E-state index < -0.39 is 5.60 Å². The van der Waals surface area contributed by atoms with Crippen molar-refractivity contribution in [3.05, 3.63) is 29.8 Å². The van der Waals surface area contributed by atoms with Crippen LogP contribution >= 0.6 is 0 Å². The number of ether oxygens (including phenoxy) is 3. The molecule has 6 heteroatoms. The zero-order valence-electron chi connectivity index (χ0n) is 14.2. The van der Waals surface area contributed by atoms with Crippen LogP contribution in [0.25, 0.3) is 0 Å². The molecule has 2 unspecified atom stereocenters. The van der Waals surface area contributed by atoms with Crippen LogP contribution in [-0.2, 0) is 9.47 Å². The van der Waals surface area contributed by atoms with Gasteiger partial charge < -0.3 is 19.9 Å². The van der Waals surface area contributed by atoms with E-state index in [1.165, 1.54) is 0 Å². The molecular weight excluding hydrogens is 296 g/mol. The second kappa shape index (κ2) is 7.19. The van der Waals surface area contributed by atoms with Crippen LogP contribution in [0.2, 0.25) is 0 Å². The monoisotopic (exact) mass is 322 g/mol. The molecule has 1 amide bonds. The Morgan fingerprint density at radius 1 is 1.43 bits per heavy atom. The molecular formula is C17H26N2O4. The number of methoxy groups -OCH3 is 1. The van der Waals surface area contributed by atoms with E-state index in [-0.39, 0.29) is 18.2 Å². The molecule has 1 fully saturated rings. The minimum Gasteiger partial charge on any atom is -0.497 e. The molecule has 1 aromatic carbocycles. The highest BCUT2D eigenvalue weighted by Crippen LogP contribution is 2.25. The number of morpholine rings is 1. The van der Waals surface area contributed by atoms with Gasteiger partial charge in [0, 0.05) is 6.54 Å². The van der Waals surface area contributed by atoms with Gasteiger partial charge in [0.15, 0.2) is 0 Å². The molecule has 2 rings (SSSR count). The number of carbonyl (C=O) groups excluding carboxylic acids is 1. The molecule has 0 aliphatic carbocycles. The average molecular weight is 322 g/mol. The van der Waals surface area contributed by atoms with Crippen LogP contribution in [0, 0.1) is 0 Å². The summed E-state index contributed by atoms with van der Waals surface area (Å²) in [6.45, 7) is 6.89. The highest BCUT2D eigenvalue weighted by molar-refractivity contribution is 5.69. The number of hydrogen-bond acceptors (Lipinski definition) is 5. The van der Waals surface area contributed by atoms with E-state index >= 15 is 0 Å². The van der Waals surface area contributed by atoms with Crippen LogP contribution in [0.4, 0.5) is 4.79 Å². The van der Waals surface area contributed by atoms with E-state index in [1.54, 1.807) is 12.0 Å². The van der Waals surface area contributed by atoms with E-state index in [1.807, 2.05) is 45.0 Å². The third kappa shape index (κ3) is 4.59. The van der Waals surface area contributed by atoms with Crippen molar-refractivity contribution in [3.63, 3.8) is 0 Å². The summed E-state index contributed by atoms with van der Waals surface area (Å²) in [7, 11) is 1.61. The van der Waals surface area contributed by atoms with E-state index in [0.717, 1.165) is 11.3 Å². The van der Waals surface area contributed by atoms with E-state index in [4.69, 9.17) is 19.9 Å². The minimum atomic E-state index is -0.542. The first-order valence-electron chi connectivity index (χ1n) is 7.79. The number of carbonyl (C=O) groups is 1. The van der Waals surface area contributed by atoms with Crippen LogP contribution in [0.5, 0.6) is 5.75 Å². The van der Waals surface area contributed by atoms with Gasteiger partial charge in [-0.25, -0.2) is 4.79 Å². The zero-order chi connectivity index (χ0) is 17.0. The van der Waals surface area contributed by atoms with Crippen molar-refractivity contribution in [2.75, 3.05) is 26.9 Å². The zero-order valence-corrected chi connectivity index (χ0v) is 14.2. The van der Waals surface area contributed by atoms with E-state index in [0.29, 0.717) is 19.8 Å². The first kappa shape index (κ1) is 17.6. The van der Waals surface area contributed by atoms with Gasteiger partial charge >= 0.3 is 6.09 Å². The van der Waals surface area contributed by atoms with Crippen molar-refractivity contribution in [2.24, 2.45) is 5.73 Å². The summed E-state index contributed by atoms with van der Waals surface area (Å²) in [5, 5.41) is 0. The first-order valence-corrected chi connectivity index (χ1v) is 7.79. The van der Waals surface area contributed by atoms with Gasteiger partial charge in [-0.05, 0) is 38.5 Å². The fourth-order valence-electron chi connectivity index (χ4n) is 2.54. The SMILES string of the molecule is COc1cccc(C(N)C2COCCN2C(=O)OC(C)(C)C)c1. The topological polar surface area (TPSA) is 74.0 Å². The molecule has 0 bridgehead atoms. The molecule has 0 spiro atoms. The average Bonchev–Trinajstić information content (AvgIpc) is 2.52. The van der Waals surface area contributed by atoms with Crippen molar-refractivity contribution in [1.82, 2.24) is 4.90 Å². The lowest BCUT2D eigenvalue weighted by Crippen LogP contribution is -2.54. The second-order valence-electron chi connectivity index (χ2n) is 6.62. The number of nitrogens with two attached hydrogens (primary N) is 1. The van der Waals surface area contributed by atoms with Crippen LogP contribution < -0.4 is 10.5 Å². The van der Waals surface area contributed by atoms with E-state index in [9.17, 15) is 4.79 Å². The van der Waals surface area contributed by atoms with Gasteiger partial charge in [-0.3, -0.25) is 4.90 Å². The van der Waals surface area contributed by atoms with E-state index in [2.05, 4.69) is 0 Å². The van der Waals surface area contributed by atoms with Crippen molar-refractivity contribution in [1.29, 1.82) is 0 Å². The summed E-state index contributed by atoms with van der Waals surface area (Å²) in [6.07, 6.45) is -0.357. The lowest BCUT2D eigenvalue weighted by molar-refractivity contribution is -0.0382. The Balaban J connectivity index is 2.18. The molecule has 1 aliphatic rings. The maximum Gasteiger partial charge on any atom is 0.410 e. The Morgan fingerprint density at radius 2 is 2.17 bits per heavy atom. The Bertz CT molecular complexity index is 542. The van der Waals surface area contributed by atoms with Crippen LogP contribution in [0.1, 0.15) is 32.4 Å². The summed E-state index contributed by atoms with van der Waals surface area (Å²) < 4.78 is 16.3. The van der Waals surface area contributed by atoms with Gasteiger partial charge in [0.1, 0.15) is 11.4 Å². The first-order chi connectivity index (χ1) is 10.8. The van der Waals surface area contributed by atoms with Crippen molar-refractivity contribution < 1.29 is 19.0 Å². The molecule has 1 heterocycles. The third-order valence-electron chi connectivity index (χ3n) is 3.69. The van der Waals surface area contributed by atoms with Crippen molar-refractivity contribution in [3.8, 4) is 5.75 Å². The molecule has 23 heavy (non-hydrogen) atoms. The van der Waals surface area contributed by atoms with Gasteiger partial charge in [-0.2, -0.15) is 0 Å². The summed E-state index contributed by atoms with van der Waals surface area (Å²) in [5.74, 6) is 0.735. The Labute approximate surface area is 137 Å². The maximum absolute atomic E-state index is 12.5. The van der Waals surface area contributed by atoms with Crippen LogP contribution in [0.15, 0.2) is 24.3 Å². The molecule has 0 radical (unpaired) electrons. The smallest absolute Gasteiger partial charge is 0.410 e. The molecule has 128 valence electrons.